The molecule has 1 aliphatic heterocycles. The Morgan fingerprint density at radius 1 is 1.42 bits per heavy atom. The first kappa shape index (κ1) is 14.4. The summed E-state index contributed by atoms with van der Waals surface area (Å²) in [6.45, 7) is 7.27. The molecule has 2 unspecified atom stereocenters. The average molecular weight is 262 g/mol. The number of benzene rings is 1. The van der Waals surface area contributed by atoms with Gasteiger partial charge in [0.2, 0.25) is 0 Å². The molecule has 0 saturated carbocycles. The molecule has 1 aliphatic rings. The third-order valence-corrected chi connectivity index (χ3v) is 3.83. The molecule has 1 N–H and O–H groups in total. The summed E-state index contributed by atoms with van der Waals surface area (Å²) in [7, 11) is 2.17. The molecule has 3 nitrogen and oxygen atoms in total. The fourth-order valence-corrected chi connectivity index (χ4v) is 2.81. The summed E-state index contributed by atoms with van der Waals surface area (Å²) >= 11 is 0. The van der Waals surface area contributed by atoms with Gasteiger partial charge in [0.05, 0.1) is 6.10 Å². The highest BCUT2D eigenvalue weighted by Gasteiger charge is 2.19. The molecule has 106 valence electrons. The van der Waals surface area contributed by atoms with Crippen molar-refractivity contribution in [1.29, 1.82) is 0 Å². The van der Waals surface area contributed by atoms with Gasteiger partial charge in [-0.1, -0.05) is 25.1 Å². The lowest BCUT2D eigenvalue weighted by atomic mass is 10.0. The van der Waals surface area contributed by atoms with Gasteiger partial charge < -0.3 is 15.0 Å². The van der Waals surface area contributed by atoms with Crippen molar-refractivity contribution in [2.75, 3.05) is 31.6 Å². The van der Waals surface area contributed by atoms with Crippen LogP contribution in [0.2, 0.25) is 0 Å². The second-order valence-electron chi connectivity index (χ2n) is 5.35. The van der Waals surface area contributed by atoms with Crippen molar-refractivity contribution < 1.29 is 4.74 Å². The molecule has 1 fully saturated rings. The first-order valence-corrected chi connectivity index (χ1v) is 7.37. The van der Waals surface area contributed by atoms with E-state index in [0.29, 0.717) is 12.1 Å². The maximum atomic E-state index is 5.74. The topological polar surface area (TPSA) is 24.5 Å². The zero-order chi connectivity index (χ0) is 13.7. The molecule has 0 aliphatic carbocycles. The molecule has 1 aromatic rings. The van der Waals surface area contributed by atoms with Crippen LogP contribution in [-0.4, -0.2) is 32.8 Å². The van der Waals surface area contributed by atoms with Gasteiger partial charge in [-0.25, -0.2) is 0 Å². The fourth-order valence-electron chi connectivity index (χ4n) is 2.81. The van der Waals surface area contributed by atoms with E-state index in [2.05, 4.69) is 55.4 Å². The SMILES string of the molecule is CCNC(C)c1ccccc1N(C)CC1CCCO1. The molecular weight excluding hydrogens is 236 g/mol. The summed E-state index contributed by atoms with van der Waals surface area (Å²) < 4.78 is 5.74. The maximum absolute atomic E-state index is 5.74. The zero-order valence-electron chi connectivity index (χ0n) is 12.4. The molecule has 0 aromatic heterocycles. The molecule has 0 amide bonds. The monoisotopic (exact) mass is 262 g/mol. The van der Waals surface area contributed by atoms with E-state index in [0.717, 1.165) is 19.7 Å². The van der Waals surface area contributed by atoms with Gasteiger partial charge in [0, 0.05) is 31.9 Å². The molecule has 0 spiro atoms. The highest BCUT2D eigenvalue weighted by Crippen LogP contribution is 2.26. The van der Waals surface area contributed by atoms with Crippen LogP contribution in [0.15, 0.2) is 24.3 Å². The van der Waals surface area contributed by atoms with E-state index in [1.54, 1.807) is 0 Å². The van der Waals surface area contributed by atoms with Crippen molar-refractivity contribution in [1.82, 2.24) is 5.32 Å². The van der Waals surface area contributed by atoms with Gasteiger partial charge in [-0.05, 0) is 37.9 Å². The molecule has 0 bridgehead atoms. The predicted octanol–water partition coefficient (Wildman–Crippen LogP) is 2.97. The van der Waals surface area contributed by atoms with Gasteiger partial charge in [-0.15, -0.1) is 0 Å². The van der Waals surface area contributed by atoms with E-state index in [4.69, 9.17) is 4.74 Å². The highest BCUT2D eigenvalue weighted by molar-refractivity contribution is 5.54. The van der Waals surface area contributed by atoms with Crippen molar-refractivity contribution in [2.45, 2.75) is 38.8 Å². The van der Waals surface area contributed by atoms with Crippen LogP contribution in [-0.2, 0) is 4.74 Å². The Hall–Kier alpha value is -1.06. The van der Waals surface area contributed by atoms with Crippen LogP contribution in [0.1, 0.15) is 38.3 Å². The maximum Gasteiger partial charge on any atom is 0.0750 e. The number of hydrogen-bond acceptors (Lipinski definition) is 3. The number of anilines is 1. The van der Waals surface area contributed by atoms with Gasteiger partial charge in [-0.3, -0.25) is 0 Å². The van der Waals surface area contributed by atoms with E-state index >= 15 is 0 Å². The molecule has 1 aromatic carbocycles. The second-order valence-corrected chi connectivity index (χ2v) is 5.35. The van der Waals surface area contributed by atoms with Gasteiger partial charge in [0.25, 0.3) is 0 Å². The minimum absolute atomic E-state index is 0.383. The lowest BCUT2D eigenvalue weighted by molar-refractivity contribution is 0.116. The summed E-state index contributed by atoms with van der Waals surface area (Å²) in [6, 6.07) is 9.04. The van der Waals surface area contributed by atoms with Crippen LogP contribution >= 0.6 is 0 Å². The molecule has 19 heavy (non-hydrogen) atoms. The number of hydrogen-bond donors (Lipinski definition) is 1. The summed E-state index contributed by atoms with van der Waals surface area (Å²) in [5.74, 6) is 0. The standard InChI is InChI=1S/C16H26N2O/c1-4-17-13(2)15-9-5-6-10-16(15)18(3)12-14-8-7-11-19-14/h5-6,9-10,13-14,17H,4,7-8,11-12H2,1-3H3. The van der Waals surface area contributed by atoms with Gasteiger partial charge in [0.15, 0.2) is 0 Å². The summed E-state index contributed by atoms with van der Waals surface area (Å²) in [5.41, 5.74) is 2.68. The molecule has 2 rings (SSSR count). The molecule has 1 saturated heterocycles. The number of likely N-dealkylation sites (N-methyl/N-ethyl adjacent to an activating group) is 1. The Morgan fingerprint density at radius 3 is 2.89 bits per heavy atom. The lowest BCUT2D eigenvalue weighted by Gasteiger charge is -2.27. The minimum atomic E-state index is 0.383. The van der Waals surface area contributed by atoms with E-state index in [1.807, 2.05) is 0 Å². The van der Waals surface area contributed by atoms with Gasteiger partial charge in [-0.2, -0.15) is 0 Å². The number of para-hydroxylation sites is 1. The van der Waals surface area contributed by atoms with Crippen molar-refractivity contribution in [3.63, 3.8) is 0 Å². The Morgan fingerprint density at radius 2 is 2.21 bits per heavy atom. The first-order valence-electron chi connectivity index (χ1n) is 7.37. The Balaban J connectivity index is 2.09. The Kier molecular flexibility index (Phi) is 5.23. The van der Waals surface area contributed by atoms with Crippen LogP contribution in [0, 0.1) is 0 Å². The Bertz CT molecular complexity index is 388. The van der Waals surface area contributed by atoms with Gasteiger partial charge >= 0.3 is 0 Å². The number of ether oxygens (including phenoxy) is 1. The molecular formula is C16H26N2O. The van der Waals surface area contributed by atoms with Crippen LogP contribution < -0.4 is 10.2 Å². The average Bonchev–Trinajstić information content (AvgIpc) is 2.92. The van der Waals surface area contributed by atoms with Crippen molar-refractivity contribution in [3.8, 4) is 0 Å². The van der Waals surface area contributed by atoms with Crippen LogP contribution in [0.25, 0.3) is 0 Å². The lowest BCUT2D eigenvalue weighted by Crippen LogP contribution is -2.30. The molecule has 0 radical (unpaired) electrons. The van der Waals surface area contributed by atoms with E-state index in [-0.39, 0.29) is 0 Å². The van der Waals surface area contributed by atoms with E-state index < -0.39 is 0 Å². The fraction of sp³-hybridized carbons (Fsp3) is 0.625. The van der Waals surface area contributed by atoms with Crippen molar-refractivity contribution in [3.05, 3.63) is 29.8 Å². The van der Waals surface area contributed by atoms with E-state index in [9.17, 15) is 0 Å². The van der Waals surface area contributed by atoms with Crippen LogP contribution in [0.5, 0.6) is 0 Å². The number of nitrogens with one attached hydrogen (secondary N) is 1. The number of nitrogens with zero attached hydrogens (tertiary/aromatic N) is 1. The third-order valence-electron chi connectivity index (χ3n) is 3.83. The quantitative estimate of drug-likeness (QED) is 0.853. The molecule has 1 heterocycles. The Labute approximate surface area is 116 Å². The highest BCUT2D eigenvalue weighted by atomic mass is 16.5. The zero-order valence-corrected chi connectivity index (χ0v) is 12.4. The first-order chi connectivity index (χ1) is 9.22. The summed E-state index contributed by atoms with van der Waals surface area (Å²) in [6.07, 6.45) is 2.79. The summed E-state index contributed by atoms with van der Waals surface area (Å²) in [5, 5.41) is 3.49. The molecule has 2 atom stereocenters. The second kappa shape index (κ2) is 6.92. The summed E-state index contributed by atoms with van der Waals surface area (Å²) in [4.78, 5) is 2.33. The minimum Gasteiger partial charge on any atom is -0.376 e. The predicted molar refractivity (Wildman–Crippen MR) is 80.8 cm³/mol. The van der Waals surface area contributed by atoms with E-state index in [1.165, 1.54) is 24.1 Å². The van der Waals surface area contributed by atoms with Crippen LogP contribution in [0.3, 0.4) is 0 Å². The largest absolute Gasteiger partial charge is 0.376 e. The normalized spacial score (nSPS) is 20.5. The van der Waals surface area contributed by atoms with Crippen LogP contribution in [0.4, 0.5) is 5.69 Å². The smallest absolute Gasteiger partial charge is 0.0750 e. The van der Waals surface area contributed by atoms with Crippen molar-refractivity contribution in [2.24, 2.45) is 0 Å². The third kappa shape index (κ3) is 3.71. The van der Waals surface area contributed by atoms with Crippen molar-refractivity contribution >= 4 is 5.69 Å². The molecule has 3 heteroatoms. The number of rotatable bonds is 6. The van der Waals surface area contributed by atoms with Gasteiger partial charge in [0.1, 0.15) is 0 Å².